The quantitative estimate of drug-likeness (QED) is 0.525. The van der Waals surface area contributed by atoms with Crippen molar-refractivity contribution in [2.24, 2.45) is 0 Å². The van der Waals surface area contributed by atoms with Gasteiger partial charge in [-0.05, 0) is 48.9 Å². The second-order valence-electron chi connectivity index (χ2n) is 4.76. The van der Waals surface area contributed by atoms with Crippen LogP contribution in [0.3, 0.4) is 0 Å². The van der Waals surface area contributed by atoms with Gasteiger partial charge in [0.1, 0.15) is 0 Å². The van der Waals surface area contributed by atoms with Crippen LogP contribution in [0.1, 0.15) is 21.5 Å². The molecule has 0 bridgehead atoms. The topological polar surface area (TPSA) is 63.4 Å². The molecular formula is C16H15BrN2O2. The highest BCUT2D eigenvalue weighted by Gasteiger charge is 2.14. The van der Waals surface area contributed by atoms with Gasteiger partial charge < -0.3 is 10.6 Å². The average Bonchev–Trinajstić information content (AvgIpc) is 2.49. The van der Waals surface area contributed by atoms with E-state index in [1.165, 1.54) is 4.90 Å². The van der Waals surface area contributed by atoms with Gasteiger partial charge >= 0.3 is 0 Å². The number of halogens is 1. The molecule has 0 unspecified atom stereocenters. The molecule has 0 saturated carbocycles. The van der Waals surface area contributed by atoms with Crippen LogP contribution in [0.25, 0.3) is 0 Å². The van der Waals surface area contributed by atoms with Crippen LogP contribution in [0.15, 0.2) is 40.9 Å². The van der Waals surface area contributed by atoms with E-state index in [2.05, 4.69) is 15.9 Å². The zero-order chi connectivity index (χ0) is 15.6. The fourth-order valence-corrected chi connectivity index (χ4v) is 2.48. The SMILES string of the molecule is Cc1c(N)cc(Br)cc1C(=O)c1ccc(N(C)C=O)cc1. The first-order valence-electron chi connectivity index (χ1n) is 6.32. The van der Waals surface area contributed by atoms with E-state index in [9.17, 15) is 9.59 Å². The number of carbonyl (C=O) groups is 2. The number of nitrogens with zero attached hydrogens (tertiary/aromatic N) is 1. The van der Waals surface area contributed by atoms with Crippen molar-refractivity contribution < 1.29 is 9.59 Å². The van der Waals surface area contributed by atoms with E-state index in [-0.39, 0.29) is 5.78 Å². The number of anilines is 2. The average molecular weight is 347 g/mol. The van der Waals surface area contributed by atoms with Gasteiger partial charge in [0, 0.05) is 34.0 Å². The van der Waals surface area contributed by atoms with Crippen molar-refractivity contribution in [1.29, 1.82) is 0 Å². The van der Waals surface area contributed by atoms with Gasteiger partial charge in [0.15, 0.2) is 5.78 Å². The van der Waals surface area contributed by atoms with Crippen LogP contribution in [-0.4, -0.2) is 19.2 Å². The lowest BCUT2D eigenvalue weighted by molar-refractivity contribution is -0.107. The summed E-state index contributed by atoms with van der Waals surface area (Å²) < 4.78 is 0.770. The molecule has 0 aliphatic heterocycles. The summed E-state index contributed by atoms with van der Waals surface area (Å²) in [6, 6.07) is 10.4. The van der Waals surface area contributed by atoms with Crippen molar-refractivity contribution in [2.75, 3.05) is 17.7 Å². The van der Waals surface area contributed by atoms with Crippen molar-refractivity contribution in [3.8, 4) is 0 Å². The van der Waals surface area contributed by atoms with Crippen LogP contribution < -0.4 is 10.6 Å². The summed E-state index contributed by atoms with van der Waals surface area (Å²) in [5.41, 5.74) is 9.08. The second-order valence-corrected chi connectivity index (χ2v) is 5.68. The Balaban J connectivity index is 2.39. The Morgan fingerprint density at radius 3 is 2.43 bits per heavy atom. The van der Waals surface area contributed by atoms with Gasteiger partial charge in [0.05, 0.1) is 0 Å². The first-order valence-corrected chi connectivity index (χ1v) is 7.12. The van der Waals surface area contributed by atoms with Crippen LogP contribution in [0, 0.1) is 6.92 Å². The van der Waals surface area contributed by atoms with E-state index in [0.29, 0.717) is 16.8 Å². The summed E-state index contributed by atoms with van der Waals surface area (Å²) in [6.07, 6.45) is 0.718. The molecule has 108 valence electrons. The van der Waals surface area contributed by atoms with Crippen molar-refractivity contribution in [3.63, 3.8) is 0 Å². The number of hydrogen-bond acceptors (Lipinski definition) is 3. The normalized spacial score (nSPS) is 10.2. The summed E-state index contributed by atoms with van der Waals surface area (Å²) in [7, 11) is 1.66. The molecule has 2 aromatic rings. The Bertz CT molecular complexity index is 696. The molecule has 0 heterocycles. The van der Waals surface area contributed by atoms with Crippen LogP contribution in [-0.2, 0) is 4.79 Å². The van der Waals surface area contributed by atoms with E-state index < -0.39 is 0 Å². The highest BCUT2D eigenvalue weighted by atomic mass is 79.9. The highest BCUT2D eigenvalue weighted by Crippen LogP contribution is 2.25. The fraction of sp³-hybridized carbons (Fsp3) is 0.125. The summed E-state index contributed by atoms with van der Waals surface area (Å²) in [6.45, 7) is 1.82. The standard InChI is InChI=1S/C16H15BrN2O2/c1-10-14(7-12(17)8-15(10)18)16(21)11-3-5-13(6-4-11)19(2)9-20/h3-9H,18H2,1-2H3. The lowest BCUT2D eigenvalue weighted by Crippen LogP contribution is -2.13. The molecule has 0 aliphatic carbocycles. The van der Waals surface area contributed by atoms with Gasteiger partial charge in [-0.1, -0.05) is 15.9 Å². The maximum Gasteiger partial charge on any atom is 0.213 e. The predicted molar refractivity (Wildman–Crippen MR) is 87.6 cm³/mol. The molecule has 0 spiro atoms. The largest absolute Gasteiger partial charge is 0.398 e. The third-order valence-corrected chi connectivity index (χ3v) is 3.81. The summed E-state index contributed by atoms with van der Waals surface area (Å²) in [5.74, 6) is -0.0965. The van der Waals surface area contributed by atoms with Crippen molar-refractivity contribution in [1.82, 2.24) is 0 Å². The first-order chi connectivity index (χ1) is 9.93. The van der Waals surface area contributed by atoms with Crippen molar-refractivity contribution in [3.05, 3.63) is 57.6 Å². The predicted octanol–water partition coefficient (Wildman–Crippen LogP) is 3.16. The summed E-state index contributed by atoms with van der Waals surface area (Å²) in [5, 5.41) is 0. The number of nitrogen functional groups attached to an aromatic ring is 1. The van der Waals surface area contributed by atoms with Crippen LogP contribution >= 0.6 is 15.9 Å². The first kappa shape index (κ1) is 15.3. The molecule has 0 radical (unpaired) electrons. The molecular weight excluding hydrogens is 332 g/mol. The fourth-order valence-electron chi connectivity index (χ4n) is 2.00. The molecule has 2 N–H and O–H groups in total. The third-order valence-electron chi connectivity index (χ3n) is 3.35. The Kier molecular flexibility index (Phi) is 4.43. The molecule has 1 amide bonds. The van der Waals surface area contributed by atoms with E-state index in [1.54, 1.807) is 43.4 Å². The number of benzene rings is 2. The number of carbonyl (C=O) groups excluding carboxylic acids is 2. The van der Waals surface area contributed by atoms with E-state index in [4.69, 9.17) is 5.73 Å². The number of amides is 1. The number of rotatable bonds is 4. The van der Waals surface area contributed by atoms with Gasteiger partial charge in [-0.25, -0.2) is 0 Å². The van der Waals surface area contributed by atoms with Crippen molar-refractivity contribution >= 4 is 39.5 Å². The Morgan fingerprint density at radius 2 is 1.86 bits per heavy atom. The molecule has 21 heavy (non-hydrogen) atoms. The van der Waals surface area contributed by atoms with Gasteiger partial charge in [-0.15, -0.1) is 0 Å². The molecule has 2 aromatic carbocycles. The minimum Gasteiger partial charge on any atom is -0.398 e. The Labute approximate surface area is 131 Å². The molecule has 0 aliphatic rings. The van der Waals surface area contributed by atoms with Gasteiger partial charge in [-0.3, -0.25) is 9.59 Å². The zero-order valence-corrected chi connectivity index (χ0v) is 13.3. The zero-order valence-electron chi connectivity index (χ0n) is 11.8. The minimum absolute atomic E-state index is 0.0965. The Morgan fingerprint density at radius 1 is 1.24 bits per heavy atom. The van der Waals surface area contributed by atoms with Gasteiger partial charge in [0.25, 0.3) is 0 Å². The summed E-state index contributed by atoms with van der Waals surface area (Å²) >= 11 is 3.35. The number of ketones is 1. The third kappa shape index (κ3) is 3.13. The smallest absolute Gasteiger partial charge is 0.213 e. The number of hydrogen-bond donors (Lipinski definition) is 1. The molecule has 0 fully saturated rings. The maximum atomic E-state index is 12.6. The highest BCUT2D eigenvalue weighted by molar-refractivity contribution is 9.10. The molecule has 4 nitrogen and oxygen atoms in total. The van der Waals surface area contributed by atoms with Crippen LogP contribution in [0.4, 0.5) is 11.4 Å². The van der Waals surface area contributed by atoms with Crippen LogP contribution in [0.2, 0.25) is 0 Å². The van der Waals surface area contributed by atoms with Crippen LogP contribution in [0.5, 0.6) is 0 Å². The molecule has 0 atom stereocenters. The number of nitrogens with two attached hydrogens (primary N) is 1. The van der Waals surface area contributed by atoms with E-state index in [0.717, 1.165) is 22.1 Å². The monoisotopic (exact) mass is 346 g/mol. The van der Waals surface area contributed by atoms with Gasteiger partial charge in [0.2, 0.25) is 6.41 Å². The molecule has 5 heteroatoms. The summed E-state index contributed by atoms with van der Waals surface area (Å²) in [4.78, 5) is 24.7. The maximum absolute atomic E-state index is 12.6. The van der Waals surface area contributed by atoms with E-state index in [1.807, 2.05) is 6.92 Å². The molecule has 0 aromatic heterocycles. The Hall–Kier alpha value is -2.14. The van der Waals surface area contributed by atoms with E-state index >= 15 is 0 Å². The van der Waals surface area contributed by atoms with Crippen molar-refractivity contribution in [2.45, 2.75) is 6.92 Å². The molecule has 0 saturated heterocycles. The lowest BCUT2D eigenvalue weighted by atomic mass is 9.98. The second kappa shape index (κ2) is 6.10. The lowest BCUT2D eigenvalue weighted by Gasteiger charge is -2.12. The van der Waals surface area contributed by atoms with Gasteiger partial charge in [-0.2, -0.15) is 0 Å². The molecule has 2 rings (SSSR count). The minimum atomic E-state index is -0.0965.